The number of imide groups is 2. The zero-order valence-corrected chi connectivity index (χ0v) is 68.3. The number of aromatic nitrogens is 4. The number of rotatable bonds is 30. The van der Waals surface area contributed by atoms with Crippen LogP contribution in [0.1, 0.15) is 86.9 Å². The van der Waals surface area contributed by atoms with E-state index in [-0.39, 0.29) is 174 Å². The molecule has 15 aromatic rings. The Morgan fingerprint density at radius 1 is 0.317 bits per heavy atom. The number of fused-ring (bicyclic) bond motifs is 2. The second kappa shape index (κ2) is 32.2. The van der Waals surface area contributed by atoms with Crippen LogP contribution in [0.4, 0.5) is 23.3 Å². The molecule has 0 saturated carbocycles. The van der Waals surface area contributed by atoms with E-state index >= 15 is 28.8 Å². The number of amides is 6. The van der Waals surface area contributed by atoms with E-state index in [1.165, 1.54) is 34.6 Å². The topological polar surface area (TPSA) is 291 Å². The fourth-order valence-electron chi connectivity index (χ4n) is 16.1. The summed E-state index contributed by atoms with van der Waals surface area (Å²) in [4.78, 5) is 127. The maximum Gasteiger partial charge on any atom is 0.262 e. The van der Waals surface area contributed by atoms with Crippen molar-refractivity contribution in [1.82, 2.24) is 29.7 Å². The zero-order valence-electron chi connectivity index (χ0n) is 68.3. The average molecular weight is 1680 g/mol. The van der Waals surface area contributed by atoms with E-state index in [4.69, 9.17) is 76.8 Å². The second-order valence-electron chi connectivity index (χ2n) is 31.7. The van der Waals surface area contributed by atoms with Crippen LogP contribution in [-0.2, 0) is 28.5 Å². The van der Waals surface area contributed by atoms with Gasteiger partial charge in [0.2, 0.25) is 0 Å². The Labute approximate surface area is 720 Å². The number of hydrogen-bond donors (Lipinski definition) is 0. The predicted molar refractivity (Wildman–Crippen MR) is 464 cm³/mol. The van der Waals surface area contributed by atoms with Gasteiger partial charge in [0.1, 0.15) is 155 Å². The van der Waals surface area contributed by atoms with Gasteiger partial charge >= 0.3 is 0 Å². The quantitative estimate of drug-likeness (QED) is 0.0175. The van der Waals surface area contributed by atoms with Gasteiger partial charge in [-0.3, -0.25) is 38.6 Å². The fourth-order valence-corrected chi connectivity index (χ4v) is 16.1. The molecule has 6 aliphatic rings. The van der Waals surface area contributed by atoms with Crippen molar-refractivity contribution < 1.29 is 85.6 Å². The first-order valence-corrected chi connectivity index (χ1v) is 41.2. The number of anilines is 4. The minimum Gasteiger partial charge on any atom is -0.491 e. The summed E-state index contributed by atoms with van der Waals surface area (Å²) in [6.07, 6.45) is 5.37. The standard InChI is InChI=1S/C100H76N8O18/c1-55-15-23-61(24-16-55)123-77-43-73-85-74(96(110)107(95(73)109)93(59-11-7-5-8-12-59)99(113)105(81-39-65(31-35-101-81)115-47-69-51-119-69)82-40-66(32-36-102-82)116-48-70-52-120-70)45-79(125-63-27-19-57(3)20-28-63)89-90-80(126-64-29-21-58(4)22-30-64)46-76-86-75(44-78(88(92(86)90)87(77)91(85)89)124-62-25-17-56(2)18-26-62)97(111)108(98(76)112)94(60-13-9-6-10-14-60)100(114)106(83-41-67(33-37-103-83)117-49-71-53-121-71)84-42-68(34-38-104-84)118-50-72-54-122-72/h5-46,69-72,93-94H,47-54H2,1-4H3. The Bertz CT molecular complexity index is 6120. The summed E-state index contributed by atoms with van der Waals surface area (Å²) in [6, 6.07) is 61.5. The van der Waals surface area contributed by atoms with Gasteiger partial charge in [0.25, 0.3) is 35.4 Å². The van der Waals surface area contributed by atoms with Crippen molar-refractivity contribution in [3.8, 4) is 69.0 Å². The van der Waals surface area contributed by atoms with Crippen molar-refractivity contribution in [2.75, 3.05) is 62.7 Å². The molecule has 6 atom stereocenters. The summed E-state index contributed by atoms with van der Waals surface area (Å²) in [5, 5.41) is 1.42. The number of aryl methyl sites for hydroxylation is 4. The number of hydrogen-bond acceptors (Lipinski definition) is 22. The maximum atomic E-state index is 17.3. The summed E-state index contributed by atoms with van der Waals surface area (Å²) in [5.74, 6) is -2.83. The zero-order chi connectivity index (χ0) is 85.5. The van der Waals surface area contributed by atoms with Gasteiger partial charge in [-0.1, -0.05) is 131 Å². The van der Waals surface area contributed by atoms with Crippen molar-refractivity contribution in [3.63, 3.8) is 0 Å². The molecule has 4 fully saturated rings. The summed E-state index contributed by atoms with van der Waals surface area (Å²) < 4.78 is 76.4. The highest BCUT2D eigenvalue weighted by atomic mass is 16.6. The van der Waals surface area contributed by atoms with Gasteiger partial charge in [-0.05, 0) is 136 Å². The van der Waals surface area contributed by atoms with E-state index in [0.29, 0.717) is 72.4 Å². The van der Waals surface area contributed by atoms with Crippen LogP contribution in [-0.4, -0.2) is 142 Å². The highest BCUT2D eigenvalue weighted by molar-refractivity contribution is 6.45. The Hall–Kier alpha value is -15.2. The van der Waals surface area contributed by atoms with Gasteiger partial charge in [0.15, 0.2) is 0 Å². The van der Waals surface area contributed by atoms with E-state index < -0.39 is 47.5 Å². The van der Waals surface area contributed by atoms with Crippen molar-refractivity contribution in [3.05, 3.63) is 311 Å². The molecular weight excluding hydrogens is 1600 g/mol. The van der Waals surface area contributed by atoms with Gasteiger partial charge in [0.05, 0.1) is 48.7 Å². The van der Waals surface area contributed by atoms with Crippen molar-refractivity contribution >= 4 is 102 Å². The lowest BCUT2D eigenvalue weighted by Crippen LogP contribution is -2.49. The third-order valence-corrected chi connectivity index (χ3v) is 22.7. The van der Waals surface area contributed by atoms with Gasteiger partial charge in [-0.2, -0.15) is 0 Å². The number of carbonyl (C=O) groups excluding carboxylic acids is 6. The monoisotopic (exact) mass is 1680 g/mol. The number of benzene rings is 11. The minimum absolute atomic E-state index is 0.00191. The number of pyridine rings is 4. The third kappa shape index (κ3) is 15.2. The largest absolute Gasteiger partial charge is 0.491 e. The minimum atomic E-state index is -1.82. The molecule has 0 radical (unpaired) electrons. The van der Waals surface area contributed by atoms with Crippen LogP contribution in [0.15, 0.2) is 255 Å². The van der Waals surface area contributed by atoms with Crippen molar-refractivity contribution in [2.24, 2.45) is 0 Å². The number of epoxide rings is 4. The first-order chi connectivity index (χ1) is 61.5. The highest BCUT2D eigenvalue weighted by Crippen LogP contribution is 2.59. The molecule has 624 valence electrons. The van der Waals surface area contributed by atoms with Crippen molar-refractivity contribution in [2.45, 2.75) is 64.2 Å². The second-order valence-corrected chi connectivity index (χ2v) is 31.7. The smallest absolute Gasteiger partial charge is 0.262 e. The average Bonchev–Trinajstić information content (AvgIpc) is 1.21. The lowest BCUT2D eigenvalue weighted by molar-refractivity contribution is -0.122. The lowest BCUT2D eigenvalue weighted by Gasteiger charge is -2.37. The normalized spacial score (nSPS) is 17.0. The van der Waals surface area contributed by atoms with Gasteiger partial charge in [-0.15, -0.1) is 0 Å². The molecule has 11 aromatic carbocycles. The van der Waals surface area contributed by atoms with Gasteiger partial charge in [-0.25, -0.2) is 29.7 Å². The Kier molecular flexibility index (Phi) is 20.0. The van der Waals surface area contributed by atoms with Crippen LogP contribution in [0.25, 0.3) is 43.1 Å². The molecule has 0 aliphatic carbocycles. The van der Waals surface area contributed by atoms with E-state index in [2.05, 4.69) is 0 Å². The SMILES string of the molecule is Cc1ccc(Oc2cc3c4c(cc(Oc5ccc(C)cc5)c5c6c(Oc7ccc(C)cc7)cc7c8c(cc(Oc9ccc(C)cc9)c(c2c45)c86)C(=O)N(C(C(=O)N(c2cc(OCC4CO4)ccn2)c2cc(OCC4CO4)ccn2)c2ccccc2)C7=O)C(=O)N(C(C(=O)N(c2cc(OCC4CO4)ccn2)c2cc(OCC4CO4)ccn2)c2ccccc2)C3=O)cc1. The first-order valence-electron chi connectivity index (χ1n) is 41.2. The molecule has 21 rings (SSSR count). The highest BCUT2D eigenvalue weighted by Gasteiger charge is 2.50. The van der Waals surface area contributed by atoms with Crippen molar-refractivity contribution in [1.29, 1.82) is 0 Å². The Balaban J connectivity index is 0.827. The number of carbonyl (C=O) groups is 6. The van der Waals surface area contributed by atoms with Crippen LogP contribution in [0.3, 0.4) is 0 Å². The molecule has 0 bridgehead atoms. The summed E-state index contributed by atoms with van der Waals surface area (Å²) in [7, 11) is 0. The van der Waals surface area contributed by atoms with E-state index in [1.807, 2.05) is 76.2 Å². The van der Waals surface area contributed by atoms with E-state index in [1.54, 1.807) is 182 Å². The molecule has 6 aliphatic heterocycles. The predicted octanol–water partition coefficient (Wildman–Crippen LogP) is 18.2. The molecule has 0 N–H and O–H groups in total. The van der Waals surface area contributed by atoms with Crippen LogP contribution in [0.5, 0.6) is 69.0 Å². The molecule has 10 heterocycles. The summed E-state index contributed by atoms with van der Waals surface area (Å²) >= 11 is 0. The molecule has 6 unspecified atom stereocenters. The van der Waals surface area contributed by atoms with Crippen LogP contribution >= 0.6 is 0 Å². The molecule has 26 nitrogen and oxygen atoms in total. The fraction of sp³-hybridized carbons (Fsp3) is 0.180. The molecular formula is C100H76N8O18. The molecule has 26 heteroatoms. The Morgan fingerprint density at radius 3 is 0.786 bits per heavy atom. The maximum absolute atomic E-state index is 17.3. The number of nitrogens with zero attached hydrogens (tertiary/aromatic N) is 8. The molecule has 126 heavy (non-hydrogen) atoms. The van der Waals surface area contributed by atoms with Crippen LogP contribution < -0.4 is 47.7 Å². The van der Waals surface area contributed by atoms with Crippen LogP contribution in [0.2, 0.25) is 0 Å². The molecule has 4 saturated heterocycles. The number of ether oxygens (including phenoxy) is 12. The van der Waals surface area contributed by atoms with Gasteiger partial charge in [0, 0.05) is 92.1 Å². The first kappa shape index (κ1) is 78.1. The molecule has 4 aromatic heterocycles. The van der Waals surface area contributed by atoms with E-state index in [0.717, 1.165) is 32.1 Å². The van der Waals surface area contributed by atoms with Gasteiger partial charge < -0.3 is 56.8 Å². The summed E-state index contributed by atoms with van der Waals surface area (Å²) in [6.45, 7) is 10.6. The third-order valence-electron chi connectivity index (χ3n) is 22.7. The Morgan fingerprint density at radius 2 is 0.556 bits per heavy atom. The van der Waals surface area contributed by atoms with Crippen LogP contribution in [0, 0.1) is 27.7 Å². The molecule has 6 amide bonds. The lowest BCUT2D eigenvalue weighted by atomic mass is 9.80. The molecule has 0 spiro atoms. The van der Waals surface area contributed by atoms with E-state index in [9.17, 15) is 0 Å². The summed E-state index contributed by atoms with van der Waals surface area (Å²) in [5.41, 5.74) is 3.59.